The van der Waals surface area contributed by atoms with E-state index in [1.54, 1.807) is 13.0 Å². The summed E-state index contributed by atoms with van der Waals surface area (Å²) < 4.78 is 5.73. The molecule has 26 heavy (non-hydrogen) atoms. The van der Waals surface area contributed by atoms with Crippen LogP contribution in [0.5, 0.6) is 5.75 Å². The number of ether oxygens (including phenoxy) is 1. The first-order chi connectivity index (χ1) is 12.4. The second-order valence-corrected chi connectivity index (χ2v) is 6.58. The van der Waals surface area contributed by atoms with E-state index in [-0.39, 0.29) is 23.6 Å². The predicted molar refractivity (Wildman–Crippen MR) is 100 cm³/mol. The van der Waals surface area contributed by atoms with E-state index in [1.807, 2.05) is 30.3 Å². The first-order valence-corrected chi connectivity index (χ1v) is 8.63. The largest absolute Gasteiger partial charge is 0.482 e. The van der Waals surface area contributed by atoms with Crippen molar-refractivity contribution in [2.45, 2.75) is 33.8 Å². The van der Waals surface area contributed by atoms with Crippen LogP contribution in [0.3, 0.4) is 0 Å². The molecule has 0 radical (unpaired) electrons. The summed E-state index contributed by atoms with van der Waals surface area (Å²) in [6.45, 7) is 6.50. The summed E-state index contributed by atoms with van der Waals surface area (Å²) in [4.78, 5) is 23.5. The molecule has 0 unspecified atom stereocenters. The Kier molecular flexibility index (Phi) is 6.72. The highest BCUT2D eigenvalue weighted by Crippen LogP contribution is 2.35. The van der Waals surface area contributed by atoms with Gasteiger partial charge in [0.1, 0.15) is 12.2 Å². The lowest BCUT2D eigenvalue weighted by Crippen LogP contribution is -2.26. The van der Waals surface area contributed by atoms with Crippen molar-refractivity contribution in [2.24, 2.45) is 5.92 Å². The van der Waals surface area contributed by atoms with Crippen molar-refractivity contribution in [1.82, 2.24) is 5.32 Å². The monoisotopic (exact) mass is 356 g/mol. The highest BCUT2D eigenvalue weighted by molar-refractivity contribution is 5.99. The number of aryl methyl sites for hydroxylation is 1. The molecule has 0 aromatic heterocycles. The van der Waals surface area contributed by atoms with Crippen LogP contribution in [-0.2, 0) is 6.61 Å². The van der Waals surface area contributed by atoms with Gasteiger partial charge in [-0.15, -0.1) is 0 Å². The molecule has 0 heterocycles. The van der Waals surface area contributed by atoms with Crippen LogP contribution in [0.15, 0.2) is 42.5 Å². The number of nitrogens with zero attached hydrogens (tertiary/aromatic N) is 1. The molecular formula is C20H24N2O4. The zero-order chi connectivity index (χ0) is 19.1. The Morgan fingerprint density at radius 3 is 2.50 bits per heavy atom. The number of hydrogen-bond acceptors (Lipinski definition) is 4. The van der Waals surface area contributed by atoms with Gasteiger partial charge >= 0.3 is 5.69 Å². The van der Waals surface area contributed by atoms with Gasteiger partial charge in [0, 0.05) is 6.54 Å². The molecule has 2 aromatic carbocycles. The van der Waals surface area contributed by atoms with E-state index in [2.05, 4.69) is 19.2 Å². The van der Waals surface area contributed by atoms with Crippen LogP contribution in [0.25, 0.3) is 0 Å². The molecule has 0 saturated heterocycles. The summed E-state index contributed by atoms with van der Waals surface area (Å²) in [5, 5.41) is 14.4. The molecule has 138 valence electrons. The molecular weight excluding hydrogens is 332 g/mol. The lowest BCUT2D eigenvalue weighted by Gasteiger charge is -2.13. The van der Waals surface area contributed by atoms with Crippen LogP contribution < -0.4 is 10.1 Å². The minimum atomic E-state index is -0.551. The molecule has 0 aliphatic carbocycles. The highest BCUT2D eigenvalue weighted by Gasteiger charge is 2.27. The van der Waals surface area contributed by atoms with Crippen molar-refractivity contribution < 1.29 is 14.5 Å². The molecule has 0 saturated carbocycles. The summed E-state index contributed by atoms with van der Waals surface area (Å²) in [6.07, 6.45) is 0.808. The van der Waals surface area contributed by atoms with Crippen LogP contribution >= 0.6 is 0 Å². The molecule has 0 fully saturated rings. The lowest BCUT2D eigenvalue weighted by atomic mass is 10.1. The number of nitro groups is 1. The zero-order valence-corrected chi connectivity index (χ0v) is 15.3. The fourth-order valence-corrected chi connectivity index (χ4v) is 2.52. The Bertz CT molecular complexity index is 773. The third kappa shape index (κ3) is 5.05. The fraction of sp³-hybridized carbons (Fsp3) is 0.350. The van der Waals surface area contributed by atoms with Crippen LogP contribution in [-0.4, -0.2) is 17.4 Å². The summed E-state index contributed by atoms with van der Waals surface area (Å²) >= 11 is 0. The Hall–Kier alpha value is -2.89. The van der Waals surface area contributed by atoms with Gasteiger partial charge in [-0.3, -0.25) is 14.9 Å². The molecule has 2 rings (SSSR count). The number of benzene rings is 2. The van der Waals surface area contributed by atoms with Gasteiger partial charge in [-0.2, -0.15) is 0 Å². The highest BCUT2D eigenvalue weighted by atomic mass is 16.6. The fourth-order valence-electron chi connectivity index (χ4n) is 2.52. The maximum absolute atomic E-state index is 12.4. The summed E-state index contributed by atoms with van der Waals surface area (Å²) in [5.74, 6) is 0.116. The van der Waals surface area contributed by atoms with E-state index >= 15 is 0 Å². The normalized spacial score (nSPS) is 10.6. The van der Waals surface area contributed by atoms with Crippen LogP contribution in [0.2, 0.25) is 0 Å². The molecule has 6 heteroatoms. The molecule has 0 spiro atoms. The number of nitro benzene ring substituents is 1. The average molecular weight is 356 g/mol. The smallest absolute Gasteiger partial charge is 0.323 e. The topological polar surface area (TPSA) is 81.5 Å². The molecule has 0 aliphatic rings. The Morgan fingerprint density at radius 2 is 1.88 bits per heavy atom. The quantitative estimate of drug-likeness (QED) is 0.566. The van der Waals surface area contributed by atoms with E-state index in [4.69, 9.17) is 4.74 Å². The summed E-state index contributed by atoms with van der Waals surface area (Å²) in [6, 6.07) is 12.5. The molecule has 1 amide bonds. The number of carbonyl (C=O) groups excluding carboxylic acids is 1. The SMILES string of the molecule is Cc1ccc(C(=O)NCCC(C)C)c([N+](=O)[O-])c1OCc1ccccc1. The minimum Gasteiger partial charge on any atom is -0.482 e. The van der Waals surface area contributed by atoms with Crippen LogP contribution in [0.4, 0.5) is 5.69 Å². The van der Waals surface area contributed by atoms with E-state index in [1.165, 1.54) is 6.07 Å². The first-order valence-electron chi connectivity index (χ1n) is 8.63. The van der Waals surface area contributed by atoms with E-state index < -0.39 is 10.8 Å². The zero-order valence-electron chi connectivity index (χ0n) is 15.3. The van der Waals surface area contributed by atoms with Crippen molar-refractivity contribution in [2.75, 3.05) is 6.54 Å². The average Bonchev–Trinajstić information content (AvgIpc) is 2.60. The number of hydrogen-bond donors (Lipinski definition) is 1. The van der Waals surface area contributed by atoms with Crippen molar-refractivity contribution in [3.63, 3.8) is 0 Å². The Labute approximate surface area is 153 Å². The van der Waals surface area contributed by atoms with Gasteiger partial charge in [-0.1, -0.05) is 50.2 Å². The van der Waals surface area contributed by atoms with Gasteiger partial charge < -0.3 is 10.1 Å². The second-order valence-electron chi connectivity index (χ2n) is 6.58. The van der Waals surface area contributed by atoms with Gasteiger partial charge in [-0.05, 0) is 36.5 Å². The van der Waals surface area contributed by atoms with Crippen LogP contribution in [0, 0.1) is 23.0 Å². The van der Waals surface area contributed by atoms with Crippen LogP contribution in [0.1, 0.15) is 41.8 Å². The predicted octanol–water partition coefficient (Wildman–Crippen LogP) is 4.26. The Balaban J connectivity index is 2.26. The Morgan fingerprint density at radius 1 is 1.19 bits per heavy atom. The van der Waals surface area contributed by atoms with Gasteiger partial charge in [-0.25, -0.2) is 0 Å². The van der Waals surface area contributed by atoms with Crippen molar-refractivity contribution >= 4 is 11.6 Å². The second kappa shape index (κ2) is 8.99. The maximum Gasteiger partial charge on any atom is 0.323 e. The van der Waals surface area contributed by atoms with Crippen molar-refractivity contribution in [1.29, 1.82) is 0 Å². The molecule has 0 bridgehead atoms. The summed E-state index contributed by atoms with van der Waals surface area (Å²) in [5.41, 5.74) is 1.25. The van der Waals surface area contributed by atoms with Crippen molar-refractivity contribution in [3.8, 4) is 5.75 Å². The van der Waals surface area contributed by atoms with Gasteiger partial charge in [0.05, 0.1) is 4.92 Å². The minimum absolute atomic E-state index is 0.0208. The van der Waals surface area contributed by atoms with Gasteiger partial charge in [0.2, 0.25) is 5.75 Å². The molecule has 2 aromatic rings. The standard InChI is InChI=1S/C20H24N2O4/c1-14(2)11-12-21-20(23)17-10-9-15(3)19(18(17)22(24)25)26-13-16-7-5-4-6-8-16/h4-10,14H,11-13H2,1-3H3,(H,21,23). The number of nitrogens with one attached hydrogen (secondary N) is 1. The number of carbonyl (C=O) groups is 1. The van der Waals surface area contributed by atoms with E-state index in [0.717, 1.165) is 12.0 Å². The van der Waals surface area contributed by atoms with Crippen molar-refractivity contribution in [3.05, 3.63) is 69.3 Å². The third-order valence-corrected chi connectivity index (χ3v) is 3.99. The van der Waals surface area contributed by atoms with E-state index in [0.29, 0.717) is 18.0 Å². The number of amides is 1. The summed E-state index contributed by atoms with van der Waals surface area (Å²) in [7, 11) is 0. The molecule has 6 nitrogen and oxygen atoms in total. The maximum atomic E-state index is 12.4. The van der Waals surface area contributed by atoms with Gasteiger partial charge in [0.15, 0.2) is 0 Å². The van der Waals surface area contributed by atoms with Gasteiger partial charge in [0.25, 0.3) is 5.91 Å². The lowest BCUT2D eigenvalue weighted by molar-refractivity contribution is -0.386. The number of rotatable bonds is 8. The van der Waals surface area contributed by atoms with E-state index in [9.17, 15) is 14.9 Å². The first kappa shape index (κ1) is 19.4. The molecule has 0 atom stereocenters. The molecule has 0 aliphatic heterocycles. The molecule has 1 N–H and O–H groups in total. The third-order valence-electron chi connectivity index (χ3n) is 3.99.